The Bertz CT molecular complexity index is 537. The molecule has 2 rings (SSSR count). The van der Waals surface area contributed by atoms with Gasteiger partial charge in [-0.1, -0.05) is 48.5 Å². The van der Waals surface area contributed by atoms with Crippen molar-refractivity contribution in [2.24, 2.45) is 0 Å². The highest BCUT2D eigenvalue weighted by Crippen LogP contribution is 2.20. The molecule has 2 nitrogen and oxygen atoms in total. The summed E-state index contributed by atoms with van der Waals surface area (Å²) in [5, 5.41) is 0. The zero-order valence-corrected chi connectivity index (χ0v) is 11.7. The van der Waals surface area contributed by atoms with Crippen LogP contribution in [0.15, 0.2) is 59.5 Å². The van der Waals surface area contributed by atoms with Crippen molar-refractivity contribution in [3.8, 4) is 0 Å². The largest absolute Gasteiger partial charge is 0.369 e. The van der Waals surface area contributed by atoms with Crippen LogP contribution in [0.1, 0.15) is 15.9 Å². The maximum atomic E-state index is 12.1. The second-order valence-corrected chi connectivity index (χ2v) is 4.95. The van der Waals surface area contributed by atoms with Crippen LogP contribution < -0.4 is 0 Å². The molecule has 0 radical (unpaired) electrons. The van der Waals surface area contributed by atoms with Gasteiger partial charge in [0, 0.05) is 10.5 Å². The van der Waals surface area contributed by atoms with Crippen LogP contribution in [-0.4, -0.2) is 18.6 Å². The summed E-state index contributed by atoms with van der Waals surface area (Å²) in [7, 11) is 0. The third-order valence-corrected chi connectivity index (χ3v) is 3.55. The van der Waals surface area contributed by atoms with Gasteiger partial charge in [0.25, 0.3) is 0 Å². The predicted octanol–water partition coefficient (Wildman–Crippen LogP) is 3.81. The smallest absolute Gasteiger partial charge is 0.189 e. The Hall–Kier alpha value is -1.58. The van der Waals surface area contributed by atoms with Crippen molar-refractivity contribution in [2.45, 2.75) is 11.5 Å². The van der Waals surface area contributed by atoms with E-state index in [0.29, 0.717) is 6.61 Å². The summed E-state index contributed by atoms with van der Waals surface area (Å²) in [6.45, 7) is 0.584. The van der Waals surface area contributed by atoms with Crippen LogP contribution in [0.5, 0.6) is 0 Å². The minimum atomic E-state index is 0.0286. The lowest BCUT2D eigenvalue weighted by molar-refractivity contribution is 0.0724. The molecule has 0 N–H and O–H groups in total. The molecule has 0 spiro atoms. The van der Waals surface area contributed by atoms with Gasteiger partial charge < -0.3 is 4.74 Å². The number of benzene rings is 2. The van der Waals surface area contributed by atoms with Crippen LogP contribution in [0.2, 0.25) is 0 Å². The van der Waals surface area contributed by atoms with E-state index in [0.717, 1.165) is 16.0 Å². The molecule has 2 aromatic carbocycles. The van der Waals surface area contributed by atoms with Gasteiger partial charge in [-0.3, -0.25) is 4.79 Å². The minimum absolute atomic E-state index is 0.0286. The fourth-order valence-electron chi connectivity index (χ4n) is 1.79. The molecule has 0 aliphatic heterocycles. The first-order chi connectivity index (χ1) is 9.31. The van der Waals surface area contributed by atoms with E-state index in [4.69, 9.17) is 4.74 Å². The van der Waals surface area contributed by atoms with Crippen LogP contribution in [0, 0.1) is 0 Å². The van der Waals surface area contributed by atoms with Gasteiger partial charge in [0.1, 0.15) is 6.61 Å². The van der Waals surface area contributed by atoms with E-state index in [1.807, 2.05) is 60.9 Å². The van der Waals surface area contributed by atoms with Gasteiger partial charge in [-0.05, 0) is 17.9 Å². The Morgan fingerprint density at radius 3 is 2.47 bits per heavy atom. The number of Topliss-reactive ketones (excluding diaryl/α,β-unsaturated/α-hetero) is 1. The first kappa shape index (κ1) is 13.8. The Kier molecular flexibility index (Phi) is 5.19. The molecule has 0 saturated heterocycles. The lowest BCUT2D eigenvalue weighted by Crippen LogP contribution is -2.10. The monoisotopic (exact) mass is 272 g/mol. The zero-order chi connectivity index (χ0) is 13.5. The lowest BCUT2D eigenvalue weighted by atomic mass is 10.1. The third-order valence-electron chi connectivity index (χ3n) is 2.75. The number of carbonyl (C=O) groups excluding carboxylic acids is 1. The minimum Gasteiger partial charge on any atom is -0.369 e. The standard InChI is InChI=1S/C16H16O2S/c1-19-16-10-6-5-9-14(16)15(17)12-18-11-13-7-3-2-4-8-13/h2-10H,11-12H2,1H3. The van der Waals surface area contributed by atoms with Gasteiger partial charge in [0.2, 0.25) is 0 Å². The van der Waals surface area contributed by atoms with Crippen molar-refractivity contribution in [1.82, 2.24) is 0 Å². The molecule has 0 saturated carbocycles. The summed E-state index contributed by atoms with van der Waals surface area (Å²) in [6, 6.07) is 17.5. The van der Waals surface area contributed by atoms with E-state index < -0.39 is 0 Å². The second kappa shape index (κ2) is 7.12. The van der Waals surface area contributed by atoms with Crippen molar-refractivity contribution in [3.05, 3.63) is 65.7 Å². The predicted molar refractivity (Wildman–Crippen MR) is 78.7 cm³/mol. The Morgan fingerprint density at radius 1 is 1.05 bits per heavy atom. The molecule has 19 heavy (non-hydrogen) atoms. The number of thioether (sulfide) groups is 1. The lowest BCUT2D eigenvalue weighted by Gasteiger charge is -2.07. The first-order valence-corrected chi connectivity index (χ1v) is 7.31. The van der Waals surface area contributed by atoms with Gasteiger partial charge in [-0.2, -0.15) is 0 Å². The van der Waals surface area contributed by atoms with Gasteiger partial charge in [0.15, 0.2) is 5.78 Å². The summed E-state index contributed by atoms with van der Waals surface area (Å²) in [6.07, 6.45) is 1.97. The maximum absolute atomic E-state index is 12.1. The van der Waals surface area contributed by atoms with Crippen LogP contribution >= 0.6 is 11.8 Å². The van der Waals surface area contributed by atoms with Crippen LogP contribution in [0.4, 0.5) is 0 Å². The molecular formula is C16H16O2S. The van der Waals surface area contributed by atoms with Crippen molar-refractivity contribution < 1.29 is 9.53 Å². The number of ether oxygens (including phenoxy) is 1. The molecule has 0 aliphatic carbocycles. The van der Waals surface area contributed by atoms with E-state index in [1.54, 1.807) is 11.8 Å². The molecule has 0 atom stereocenters. The van der Waals surface area contributed by atoms with Gasteiger partial charge in [-0.25, -0.2) is 0 Å². The van der Waals surface area contributed by atoms with Crippen LogP contribution in [0.3, 0.4) is 0 Å². The summed E-state index contributed by atoms with van der Waals surface area (Å²) in [5.41, 5.74) is 1.82. The molecule has 0 unspecified atom stereocenters. The quantitative estimate of drug-likeness (QED) is 0.591. The van der Waals surface area contributed by atoms with Crippen LogP contribution in [0.25, 0.3) is 0 Å². The third kappa shape index (κ3) is 3.94. The highest BCUT2D eigenvalue weighted by atomic mass is 32.2. The molecule has 0 aromatic heterocycles. The number of carbonyl (C=O) groups is 1. The summed E-state index contributed by atoms with van der Waals surface area (Å²) >= 11 is 1.58. The van der Waals surface area contributed by atoms with Crippen LogP contribution in [-0.2, 0) is 11.3 Å². The second-order valence-electron chi connectivity index (χ2n) is 4.10. The van der Waals surface area contributed by atoms with E-state index in [2.05, 4.69) is 0 Å². The van der Waals surface area contributed by atoms with Crippen molar-refractivity contribution in [1.29, 1.82) is 0 Å². The summed E-state index contributed by atoms with van der Waals surface area (Å²) in [5.74, 6) is 0.0286. The normalized spacial score (nSPS) is 10.4. The molecule has 0 heterocycles. The molecule has 98 valence electrons. The van der Waals surface area contributed by atoms with E-state index in [9.17, 15) is 4.79 Å². The molecular weight excluding hydrogens is 256 g/mol. The van der Waals surface area contributed by atoms with Crippen molar-refractivity contribution in [2.75, 3.05) is 12.9 Å². The fraction of sp³-hybridized carbons (Fsp3) is 0.188. The Morgan fingerprint density at radius 2 is 1.74 bits per heavy atom. The molecule has 0 amide bonds. The van der Waals surface area contributed by atoms with Gasteiger partial charge >= 0.3 is 0 Å². The molecule has 0 aliphatic rings. The SMILES string of the molecule is CSc1ccccc1C(=O)COCc1ccccc1. The van der Waals surface area contributed by atoms with E-state index in [1.165, 1.54) is 0 Å². The van der Waals surface area contributed by atoms with E-state index >= 15 is 0 Å². The summed E-state index contributed by atoms with van der Waals surface area (Å²) in [4.78, 5) is 13.1. The van der Waals surface area contributed by atoms with Gasteiger partial charge in [0.05, 0.1) is 6.61 Å². The Balaban J connectivity index is 1.91. The highest BCUT2D eigenvalue weighted by Gasteiger charge is 2.10. The maximum Gasteiger partial charge on any atom is 0.189 e. The fourth-order valence-corrected chi connectivity index (χ4v) is 2.41. The average Bonchev–Trinajstić information content (AvgIpc) is 2.48. The first-order valence-electron chi connectivity index (χ1n) is 6.09. The molecule has 0 bridgehead atoms. The summed E-state index contributed by atoms with van der Waals surface area (Å²) < 4.78 is 5.48. The average molecular weight is 272 g/mol. The van der Waals surface area contributed by atoms with E-state index in [-0.39, 0.29) is 12.4 Å². The van der Waals surface area contributed by atoms with Gasteiger partial charge in [-0.15, -0.1) is 11.8 Å². The number of hydrogen-bond acceptors (Lipinski definition) is 3. The molecule has 3 heteroatoms. The Labute approximate surface area is 117 Å². The number of ketones is 1. The number of hydrogen-bond donors (Lipinski definition) is 0. The zero-order valence-electron chi connectivity index (χ0n) is 10.8. The number of rotatable bonds is 6. The topological polar surface area (TPSA) is 26.3 Å². The van der Waals surface area contributed by atoms with Crippen molar-refractivity contribution >= 4 is 17.5 Å². The highest BCUT2D eigenvalue weighted by molar-refractivity contribution is 7.98. The van der Waals surface area contributed by atoms with Crippen molar-refractivity contribution in [3.63, 3.8) is 0 Å². The molecule has 0 fully saturated rings. The molecule has 2 aromatic rings.